The van der Waals surface area contributed by atoms with Crippen LogP contribution < -0.4 is 9.62 Å². The molecule has 0 heterocycles. The first-order valence-electron chi connectivity index (χ1n) is 10.5. The molecular formula is C23H28F3N3O4S. The second kappa shape index (κ2) is 11.4. The summed E-state index contributed by atoms with van der Waals surface area (Å²) in [5, 5.41) is 2.51. The molecule has 0 saturated heterocycles. The number of nitrogens with zero attached hydrogens (tertiary/aromatic N) is 2. The van der Waals surface area contributed by atoms with Gasteiger partial charge in [-0.3, -0.25) is 13.9 Å². The summed E-state index contributed by atoms with van der Waals surface area (Å²) < 4.78 is 64.6. The van der Waals surface area contributed by atoms with Crippen LogP contribution in [0.1, 0.15) is 30.9 Å². The Morgan fingerprint density at radius 1 is 1.06 bits per heavy atom. The Morgan fingerprint density at radius 3 is 2.26 bits per heavy atom. The number of nitrogens with one attached hydrogen (secondary N) is 1. The van der Waals surface area contributed by atoms with Crippen LogP contribution in [0, 0.1) is 0 Å². The van der Waals surface area contributed by atoms with E-state index in [1.54, 1.807) is 6.92 Å². The van der Waals surface area contributed by atoms with Crippen LogP contribution in [0.5, 0.6) is 0 Å². The Bertz CT molecular complexity index is 1090. The summed E-state index contributed by atoms with van der Waals surface area (Å²) in [5.74, 6) is -0.733. The number of anilines is 1. The Hall–Kier alpha value is -3.08. The van der Waals surface area contributed by atoms with Crippen LogP contribution in [0.4, 0.5) is 18.9 Å². The van der Waals surface area contributed by atoms with Crippen molar-refractivity contribution < 1.29 is 31.2 Å². The van der Waals surface area contributed by atoms with E-state index < -0.39 is 27.8 Å². The minimum atomic E-state index is -4.62. The average molecular weight is 500 g/mol. The lowest BCUT2D eigenvalue weighted by molar-refractivity contribution is -0.140. The SMILES string of the molecule is CNC(=O)[C@H](C)N(Cc1ccccc1)C(=O)CCCN(c1cccc(C(F)(F)F)c1)S(C)(=O)=O. The number of halogens is 3. The predicted molar refractivity (Wildman–Crippen MR) is 123 cm³/mol. The fraction of sp³-hybridized carbons (Fsp3) is 0.391. The van der Waals surface area contributed by atoms with Crippen LogP contribution in [0.3, 0.4) is 0 Å². The molecule has 7 nitrogen and oxygen atoms in total. The first kappa shape index (κ1) is 27.2. The quantitative estimate of drug-likeness (QED) is 0.543. The molecule has 2 aromatic carbocycles. The minimum absolute atomic E-state index is 0.0495. The molecule has 0 fully saturated rings. The molecule has 2 aromatic rings. The van der Waals surface area contributed by atoms with Crippen molar-refractivity contribution in [1.82, 2.24) is 10.2 Å². The molecule has 0 aliphatic rings. The topological polar surface area (TPSA) is 86.8 Å². The van der Waals surface area contributed by atoms with Crippen LogP contribution in [-0.4, -0.2) is 51.0 Å². The van der Waals surface area contributed by atoms with Gasteiger partial charge in [-0.05, 0) is 37.1 Å². The zero-order valence-electron chi connectivity index (χ0n) is 19.2. The summed E-state index contributed by atoms with van der Waals surface area (Å²) in [6, 6.07) is 12.3. The van der Waals surface area contributed by atoms with E-state index in [0.29, 0.717) is 0 Å². The number of carbonyl (C=O) groups is 2. The molecule has 186 valence electrons. The molecule has 1 atom stereocenters. The Morgan fingerprint density at radius 2 is 1.71 bits per heavy atom. The van der Waals surface area contributed by atoms with Crippen molar-refractivity contribution in [2.45, 2.75) is 38.5 Å². The third-order valence-corrected chi connectivity index (χ3v) is 6.42. The number of rotatable bonds is 10. The third-order valence-electron chi connectivity index (χ3n) is 5.22. The molecule has 0 spiro atoms. The van der Waals surface area contributed by atoms with Crippen molar-refractivity contribution >= 4 is 27.5 Å². The van der Waals surface area contributed by atoms with Crippen molar-refractivity contribution in [3.63, 3.8) is 0 Å². The van der Waals surface area contributed by atoms with Gasteiger partial charge in [-0.25, -0.2) is 8.42 Å². The molecule has 0 aliphatic carbocycles. The second-order valence-corrected chi connectivity index (χ2v) is 9.69. The third kappa shape index (κ3) is 7.47. The maximum Gasteiger partial charge on any atom is 0.416 e. The lowest BCUT2D eigenvalue weighted by Crippen LogP contribution is -2.46. The number of alkyl halides is 3. The molecular weight excluding hydrogens is 471 g/mol. The summed E-state index contributed by atoms with van der Waals surface area (Å²) in [6.07, 6.45) is -3.78. The van der Waals surface area contributed by atoms with Gasteiger partial charge >= 0.3 is 6.18 Å². The lowest BCUT2D eigenvalue weighted by atomic mass is 10.1. The van der Waals surface area contributed by atoms with Gasteiger partial charge in [0.25, 0.3) is 0 Å². The maximum atomic E-state index is 13.1. The molecule has 2 rings (SSSR count). The van der Waals surface area contributed by atoms with Gasteiger partial charge in [0, 0.05) is 26.6 Å². The van der Waals surface area contributed by atoms with Crippen molar-refractivity contribution in [1.29, 1.82) is 0 Å². The lowest BCUT2D eigenvalue weighted by Gasteiger charge is -2.29. The number of hydrogen-bond acceptors (Lipinski definition) is 4. The molecule has 0 saturated carbocycles. The van der Waals surface area contributed by atoms with Crippen molar-refractivity contribution in [3.8, 4) is 0 Å². The number of sulfonamides is 1. The number of amides is 2. The molecule has 0 aliphatic heterocycles. The van der Waals surface area contributed by atoms with E-state index in [-0.39, 0.29) is 43.4 Å². The fourth-order valence-electron chi connectivity index (χ4n) is 3.41. The summed E-state index contributed by atoms with van der Waals surface area (Å²) in [7, 11) is -2.44. The molecule has 0 bridgehead atoms. The molecule has 0 unspecified atom stereocenters. The van der Waals surface area contributed by atoms with Gasteiger partial charge < -0.3 is 10.2 Å². The second-order valence-electron chi connectivity index (χ2n) is 7.78. The van der Waals surface area contributed by atoms with E-state index in [2.05, 4.69) is 5.32 Å². The van der Waals surface area contributed by atoms with Gasteiger partial charge in [-0.15, -0.1) is 0 Å². The normalized spacial score (nSPS) is 12.6. The average Bonchev–Trinajstić information content (AvgIpc) is 2.78. The number of carbonyl (C=O) groups excluding carboxylic acids is 2. The smallest absolute Gasteiger partial charge is 0.357 e. The summed E-state index contributed by atoms with van der Waals surface area (Å²) in [6.45, 7) is 1.57. The number of hydrogen-bond donors (Lipinski definition) is 1. The van der Waals surface area contributed by atoms with Crippen molar-refractivity contribution in [2.24, 2.45) is 0 Å². The summed E-state index contributed by atoms with van der Waals surface area (Å²) >= 11 is 0. The highest BCUT2D eigenvalue weighted by Gasteiger charge is 2.32. The fourth-order valence-corrected chi connectivity index (χ4v) is 4.37. The van der Waals surface area contributed by atoms with Crippen LogP contribution in [0.2, 0.25) is 0 Å². The predicted octanol–water partition coefficient (Wildman–Crippen LogP) is 3.41. The van der Waals surface area contributed by atoms with E-state index in [9.17, 15) is 31.2 Å². The Balaban J connectivity index is 2.17. The molecule has 34 heavy (non-hydrogen) atoms. The Labute approximate surface area is 197 Å². The van der Waals surface area contributed by atoms with E-state index in [1.165, 1.54) is 18.0 Å². The summed E-state index contributed by atoms with van der Waals surface area (Å²) in [5.41, 5.74) is -0.291. The van der Waals surface area contributed by atoms with Gasteiger partial charge in [0.1, 0.15) is 6.04 Å². The number of likely N-dealkylation sites (N-methyl/N-ethyl adjacent to an activating group) is 1. The van der Waals surface area contributed by atoms with Crippen LogP contribution in [0.15, 0.2) is 54.6 Å². The summed E-state index contributed by atoms with van der Waals surface area (Å²) in [4.78, 5) is 26.6. The van der Waals surface area contributed by atoms with Crippen molar-refractivity contribution in [2.75, 3.05) is 24.2 Å². The van der Waals surface area contributed by atoms with Gasteiger partial charge in [0.2, 0.25) is 21.8 Å². The first-order valence-corrected chi connectivity index (χ1v) is 12.4. The number of benzene rings is 2. The highest BCUT2D eigenvalue weighted by Crippen LogP contribution is 2.32. The van der Waals surface area contributed by atoms with E-state index in [1.807, 2.05) is 30.3 Å². The zero-order valence-corrected chi connectivity index (χ0v) is 20.0. The van der Waals surface area contributed by atoms with E-state index >= 15 is 0 Å². The molecule has 0 radical (unpaired) electrons. The van der Waals surface area contributed by atoms with E-state index in [0.717, 1.165) is 34.3 Å². The molecule has 1 N–H and O–H groups in total. The Kier molecular flexibility index (Phi) is 9.08. The molecule has 2 amide bonds. The molecule has 11 heteroatoms. The van der Waals surface area contributed by atoms with E-state index in [4.69, 9.17) is 0 Å². The van der Waals surface area contributed by atoms with Crippen molar-refractivity contribution in [3.05, 3.63) is 65.7 Å². The first-order chi connectivity index (χ1) is 15.8. The molecule has 0 aromatic heterocycles. The van der Waals surface area contributed by atoms with Gasteiger partial charge in [-0.2, -0.15) is 13.2 Å². The monoisotopic (exact) mass is 499 g/mol. The standard InChI is InChI=1S/C23H28F3N3O4S/c1-17(22(31)27-2)28(16-18-9-5-4-6-10-18)21(30)13-8-14-29(34(3,32)33)20-12-7-11-19(15-20)23(24,25)26/h4-7,9-12,15,17H,8,13-14,16H2,1-3H3,(H,27,31)/t17-/m0/s1. The van der Waals surface area contributed by atoms with Gasteiger partial charge in [0.15, 0.2) is 0 Å². The van der Waals surface area contributed by atoms with Crippen LogP contribution in [-0.2, 0) is 32.3 Å². The highest BCUT2D eigenvalue weighted by atomic mass is 32.2. The van der Waals surface area contributed by atoms with Crippen LogP contribution >= 0.6 is 0 Å². The van der Waals surface area contributed by atoms with Crippen LogP contribution in [0.25, 0.3) is 0 Å². The van der Waals surface area contributed by atoms with Gasteiger partial charge in [-0.1, -0.05) is 36.4 Å². The maximum absolute atomic E-state index is 13.1. The zero-order chi connectivity index (χ0) is 25.5. The van der Waals surface area contributed by atoms with Gasteiger partial charge in [0.05, 0.1) is 17.5 Å². The minimum Gasteiger partial charge on any atom is -0.357 e. The highest BCUT2D eigenvalue weighted by molar-refractivity contribution is 7.92. The largest absolute Gasteiger partial charge is 0.416 e.